The Morgan fingerprint density at radius 1 is 1.45 bits per heavy atom. The number of hydrogen-bond acceptors (Lipinski definition) is 3. The second-order valence-corrected chi connectivity index (χ2v) is 5.04. The number of rotatable bonds is 8. The van der Waals surface area contributed by atoms with Crippen LogP contribution < -0.4 is 10.5 Å². The Morgan fingerprint density at radius 3 is 2.65 bits per heavy atom. The van der Waals surface area contributed by atoms with Crippen LogP contribution in [0.15, 0.2) is 36.9 Å². The standard InChI is InChI=1S/C16H24N2O2/c1-4-9-20-15-7-5-14(6-8-15)12-18(3)16(19)10-13(2)11-17/h4-8,13H,1,9-12,17H2,2-3H3. The van der Waals surface area contributed by atoms with Crippen molar-refractivity contribution in [3.8, 4) is 5.75 Å². The summed E-state index contributed by atoms with van der Waals surface area (Å²) in [5.41, 5.74) is 6.61. The first kappa shape index (κ1) is 16.2. The van der Waals surface area contributed by atoms with E-state index in [1.54, 1.807) is 11.0 Å². The fourth-order valence-electron chi connectivity index (χ4n) is 1.75. The summed E-state index contributed by atoms with van der Waals surface area (Å²) in [4.78, 5) is 13.7. The van der Waals surface area contributed by atoms with Gasteiger partial charge < -0.3 is 15.4 Å². The molecule has 1 rings (SSSR count). The van der Waals surface area contributed by atoms with Crippen molar-refractivity contribution >= 4 is 5.91 Å². The van der Waals surface area contributed by atoms with Crippen LogP contribution in [0.4, 0.5) is 0 Å². The molecule has 1 aromatic rings. The van der Waals surface area contributed by atoms with E-state index in [0.29, 0.717) is 26.1 Å². The summed E-state index contributed by atoms with van der Waals surface area (Å²) >= 11 is 0. The Hall–Kier alpha value is -1.81. The van der Waals surface area contributed by atoms with Gasteiger partial charge in [-0.3, -0.25) is 4.79 Å². The molecule has 4 nitrogen and oxygen atoms in total. The molecule has 0 aliphatic heterocycles. The van der Waals surface area contributed by atoms with Gasteiger partial charge in [0.1, 0.15) is 12.4 Å². The molecule has 20 heavy (non-hydrogen) atoms. The van der Waals surface area contributed by atoms with Crippen molar-refractivity contribution < 1.29 is 9.53 Å². The number of nitrogens with two attached hydrogens (primary N) is 1. The van der Waals surface area contributed by atoms with E-state index in [-0.39, 0.29) is 11.8 Å². The van der Waals surface area contributed by atoms with Crippen molar-refractivity contribution in [2.24, 2.45) is 11.7 Å². The molecule has 1 unspecified atom stereocenters. The van der Waals surface area contributed by atoms with Gasteiger partial charge in [0.2, 0.25) is 5.91 Å². The lowest BCUT2D eigenvalue weighted by Crippen LogP contribution is -2.29. The Balaban J connectivity index is 2.50. The summed E-state index contributed by atoms with van der Waals surface area (Å²) in [6.07, 6.45) is 2.20. The zero-order valence-corrected chi connectivity index (χ0v) is 12.3. The van der Waals surface area contributed by atoms with E-state index in [1.165, 1.54) is 0 Å². The Bertz CT molecular complexity index is 429. The lowest BCUT2D eigenvalue weighted by Gasteiger charge is -2.19. The molecule has 110 valence electrons. The first-order valence-corrected chi connectivity index (χ1v) is 6.83. The quantitative estimate of drug-likeness (QED) is 0.741. The normalized spacial score (nSPS) is 11.8. The number of carbonyl (C=O) groups is 1. The lowest BCUT2D eigenvalue weighted by atomic mass is 10.1. The highest BCUT2D eigenvalue weighted by molar-refractivity contribution is 5.76. The first-order valence-electron chi connectivity index (χ1n) is 6.83. The Kier molecular flexibility index (Phi) is 6.81. The van der Waals surface area contributed by atoms with Crippen LogP contribution in [0.3, 0.4) is 0 Å². The lowest BCUT2D eigenvalue weighted by molar-refractivity contribution is -0.131. The van der Waals surface area contributed by atoms with E-state index in [4.69, 9.17) is 10.5 Å². The average Bonchev–Trinajstić information content (AvgIpc) is 2.46. The van der Waals surface area contributed by atoms with Crippen LogP contribution in [-0.4, -0.2) is 31.0 Å². The zero-order valence-electron chi connectivity index (χ0n) is 12.3. The Labute approximate surface area is 121 Å². The van der Waals surface area contributed by atoms with Crippen LogP contribution in [0.5, 0.6) is 5.75 Å². The smallest absolute Gasteiger partial charge is 0.222 e. The molecule has 1 aromatic carbocycles. The van der Waals surface area contributed by atoms with Gasteiger partial charge in [-0.25, -0.2) is 0 Å². The van der Waals surface area contributed by atoms with Gasteiger partial charge in [-0.2, -0.15) is 0 Å². The maximum absolute atomic E-state index is 12.0. The maximum Gasteiger partial charge on any atom is 0.222 e. The van der Waals surface area contributed by atoms with Gasteiger partial charge in [0, 0.05) is 20.0 Å². The van der Waals surface area contributed by atoms with Crippen molar-refractivity contribution in [3.05, 3.63) is 42.5 Å². The molecule has 0 saturated carbocycles. The molecular weight excluding hydrogens is 252 g/mol. The van der Waals surface area contributed by atoms with E-state index in [2.05, 4.69) is 6.58 Å². The summed E-state index contributed by atoms with van der Waals surface area (Å²) in [5.74, 6) is 1.15. The molecule has 0 spiro atoms. The number of hydrogen-bond donors (Lipinski definition) is 1. The molecule has 0 saturated heterocycles. The van der Waals surface area contributed by atoms with Gasteiger partial charge in [-0.1, -0.05) is 31.7 Å². The SMILES string of the molecule is C=CCOc1ccc(CN(C)C(=O)CC(C)CN)cc1. The van der Waals surface area contributed by atoms with E-state index < -0.39 is 0 Å². The highest BCUT2D eigenvalue weighted by atomic mass is 16.5. The van der Waals surface area contributed by atoms with Crippen molar-refractivity contribution in [3.63, 3.8) is 0 Å². The van der Waals surface area contributed by atoms with Gasteiger partial charge in [-0.05, 0) is 30.2 Å². The monoisotopic (exact) mass is 276 g/mol. The van der Waals surface area contributed by atoms with E-state index >= 15 is 0 Å². The van der Waals surface area contributed by atoms with Crippen LogP contribution in [0.2, 0.25) is 0 Å². The number of ether oxygens (including phenoxy) is 1. The largest absolute Gasteiger partial charge is 0.490 e. The summed E-state index contributed by atoms with van der Waals surface area (Å²) in [6, 6.07) is 7.74. The fraction of sp³-hybridized carbons (Fsp3) is 0.438. The highest BCUT2D eigenvalue weighted by Gasteiger charge is 2.12. The topological polar surface area (TPSA) is 55.6 Å². The fourth-order valence-corrected chi connectivity index (χ4v) is 1.75. The van der Waals surface area contributed by atoms with Crippen LogP contribution in [0.25, 0.3) is 0 Å². The third-order valence-electron chi connectivity index (χ3n) is 3.06. The van der Waals surface area contributed by atoms with Crippen LogP contribution >= 0.6 is 0 Å². The minimum absolute atomic E-state index is 0.120. The molecule has 4 heteroatoms. The predicted molar refractivity (Wildman–Crippen MR) is 81.4 cm³/mol. The molecular formula is C16H24N2O2. The maximum atomic E-state index is 12.0. The molecule has 1 amide bonds. The summed E-state index contributed by atoms with van der Waals surface area (Å²) < 4.78 is 5.42. The van der Waals surface area contributed by atoms with E-state index in [0.717, 1.165) is 11.3 Å². The minimum Gasteiger partial charge on any atom is -0.490 e. The predicted octanol–water partition coefficient (Wildman–Crippen LogP) is 2.19. The summed E-state index contributed by atoms with van der Waals surface area (Å²) in [5, 5.41) is 0. The van der Waals surface area contributed by atoms with Gasteiger partial charge >= 0.3 is 0 Å². The molecule has 1 atom stereocenters. The molecule has 0 aliphatic carbocycles. The van der Waals surface area contributed by atoms with E-state index in [9.17, 15) is 4.79 Å². The zero-order chi connectivity index (χ0) is 15.0. The molecule has 0 heterocycles. The molecule has 0 aromatic heterocycles. The molecule has 0 fully saturated rings. The van der Waals surface area contributed by atoms with Crippen molar-refractivity contribution in [1.29, 1.82) is 0 Å². The first-order chi connectivity index (χ1) is 9.56. The number of amides is 1. The Morgan fingerprint density at radius 2 is 2.10 bits per heavy atom. The van der Waals surface area contributed by atoms with Crippen LogP contribution in [0, 0.1) is 5.92 Å². The summed E-state index contributed by atoms with van der Waals surface area (Å²) in [7, 11) is 1.81. The highest BCUT2D eigenvalue weighted by Crippen LogP contribution is 2.14. The second kappa shape index (κ2) is 8.38. The third kappa shape index (κ3) is 5.45. The third-order valence-corrected chi connectivity index (χ3v) is 3.06. The van der Waals surface area contributed by atoms with Gasteiger partial charge in [0.25, 0.3) is 0 Å². The van der Waals surface area contributed by atoms with Crippen molar-refractivity contribution in [2.75, 3.05) is 20.2 Å². The van der Waals surface area contributed by atoms with Crippen LogP contribution in [-0.2, 0) is 11.3 Å². The van der Waals surface area contributed by atoms with Gasteiger partial charge in [0.15, 0.2) is 0 Å². The van der Waals surface area contributed by atoms with Gasteiger partial charge in [0.05, 0.1) is 0 Å². The summed E-state index contributed by atoms with van der Waals surface area (Å²) in [6.45, 7) is 7.21. The van der Waals surface area contributed by atoms with Crippen LogP contribution in [0.1, 0.15) is 18.9 Å². The number of benzene rings is 1. The molecule has 0 bridgehead atoms. The van der Waals surface area contributed by atoms with Crippen molar-refractivity contribution in [1.82, 2.24) is 4.90 Å². The minimum atomic E-state index is 0.120. The molecule has 0 aliphatic rings. The average molecular weight is 276 g/mol. The van der Waals surface area contributed by atoms with E-state index in [1.807, 2.05) is 38.2 Å². The number of carbonyl (C=O) groups excluding carboxylic acids is 1. The number of nitrogens with zero attached hydrogens (tertiary/aromatic N) is 1. The second-order valence-electron chi connectivity index (χ2n) is 5.04. The van der Waals surface area contributed by atoms with Crippen molar-refractivity contribution in [2.45, 2.75) is 19.9 Å². The molecule has 2 N–H and O–H groups in total. The van der Waals surface area contributed by atoms with Gasteiger partial charge in [-0.15, -0.1) is 0 Å². The molecule has 0 radical (unpaired) electrons.